The van der Waals surface area contributed by atoms with E-state index in [2.05, 4.69) is 38.6 Å². The van der Waals surface area contributed by atoms with Gasteiger partial charge in [-0.1, -0.05) is 24.3 Å². The molecule has 3 heteroatoms. The number of fused-ring (bicyclic) bond motifs is 5. The highest BCUT2D eigenvalue weighted by atomic mass is 15.1. The van der Waals surface area contributed by atoms with Gasteiger partial charge in [-0.2, -0.15) is 0 Å². The van der Waals surface area contributed by atoms with E-state index >= 15 is 0 Å². The van der Waals surface area contributed by atoms with Crippen LogP contribution >= 0.6 is 0 Å². The van der Waals surface area contributed by atoms with E-state index in [0.29, 0.717) is 0 Å². The molecule has 0 saturated carbocycles. The van der Waals surface area contributed by atoms with E-state index in [1.165, 1.54) is 16.8 Å². The second-order valence-corrected chi connectivity index (χ2v) is 4.03. The topological polar surface area (TPSA) is 30.2 Å². The normalized spacial score (nSPS) is 12.8. The second-order valence-electron chi connectivity index (χ2n) is 4.03. The van der Waals surface area contributed by atoms with Crippen molar-refractivity contribution in [2.75, 3.05) is 0 Å². The van der Waals surface area contributed by atoms with Gasteiger partial charge in [0.1, 0.15) is 0 Å². The Morgan fingerprint density at radius 1 is 1.12 bits per heavy atom. The molecule has 0 bridgehead atoms. The van der Waals surface area contributed by atoms with E-state index in [9.17, 15) is 0 Å². The summed E-state index contributed by atoms with van der Waals surface area (Å²) in [6.45, 7) is 0. The van der Waals surface area contributed by atoms with Crippen LogP contribution in [0, 0.1) is 0 Å². The summed E-state index contributed by atoms with van der Waals surface area (Å²) < 4.78 is 2.08. The first kappa shape index (κ1) is 8.05. The van der Waals surface area contributed by atoms with Gasteiger partial charge >= 0.3 is 0 Å². The molecule has 3 nitrogen and oxygen atoms in total. The smallest absolute Gasteiger partial charge is 0.234 e. The molecule has 0 spiro atoms. The van der Waals surface area contributed by atoms with Gasteiger partial charge in [-0.25, -0.2) is 9.97 Å². The summed E-state index contributed by atoms with van der Waals surface area (Å²) in [6, 6.07) is 10.4. The number of imidazole rings is 1. The second kappa shape index (κ2) is 2.70. The van der Waals surface area contributed by atoms with Crippen molar-refractivity contribution in [2.24, 2.45) is 0 Å². The Kier molecular flexibility index (Phi) is 1.36. The van der Waals surface area contributed by atoms with Crippen molar-refractivity contribution in [1.29, 1.82) is 0 Å². The third kappa shape index (κ3) is 0.877. The number of hydrogen-bond donors (Lipinski definition) is 0. The van der Waals surface area contributed by atoms with Gasteiger partial charge in [-0.3, -0.25) is 4.40 Å². The summed E-state index contributed by atoms with van der Waals surface area (Å²) in [6.07, 6.45) is 4.77. The van der Waals surface area contributed by atoms with Crippen LogP contribution in [0.25, 0.3) is 17.0 Å². The average Bonchev–Trinajstić information content (AvgIpc) is 2.85. The maximum atomic E-state index is 4.59. The van der Waals surface area contributed by atoms with Crippen molar-refractivity contribution in [3.05, 3.63) is 54.0 Å². The predicted molar refractivity (Wildman–Crippen MR) is 61.2 cm³/mol. The van der Waals surface area contributed by atoms with Crippen molar-refractivity contribution in [1.82, 2.24) is 14.4 Å². The van der Waals surface area contributed by atoms with Gasteiger partial charge < -0.3 is 0 Å². The molecule has 0 atom stereocenters. The van der Waals surface area contributed by atoms with Crippen molar-refractivity contribution in [3.63, 3.8) is 0 Å². The number of nitrogens with zero attached hydrogens (tertiary/aromatic N) is 3. The van der Waals surface area contributed by atoms with Gasteiger partial charge in [0.05, 0.1) is 11.4 Å². The van der Waals surface area contributed by atoms with Gasteiger partial charge in [0, 0.05) is 24.4 Å². The monoisotopic (exact) mass is 207 g/mol. The zero-order valence-electron chi connectivity index (χ0n) is 8.59. The highest BCUT2D eigenvalue weighted by Gasteiger charge is 2.23. The minimum absolute atomic E-state index is 0.794. The highest BCUT2D eigenvalue weighted by Crippen LogP contribution is 2.35. The van der Waals surface area contributed by atoms with E-state index in [0.717, 1.165) is 17.9 Å². The summed E-state index contributed by atoms with van der Waals surface area (Å²) in [5.74, 6) is 0.794. The molecule has 0 saturated heterocycles. The van der Waals surface area contributed by atoms with Crippen LogP contribution in [0.3, 0.4) is 0 Å². The summed E-state index contributed by atoms with van der Waals surface area (Å²) in [4.78, 5) is 8.86. The molecule has 0 fully saturated rings. The van der Waals surface area contributed by atoms with Crippen LogP contribution in [0.4, 0.5) is 0 Å². The molecule has 16 heavy (non-hydrogen) atoms. The van der Waals surface area contributed by atoms with Crippen LogP contribution < -0.4 is 0 Å². The Hall–Kier alpha value is -2.16. The molecule has 0 radical (unpaired) electrons. The predicted octanol–water partition coefficient (Wildman–Crippen LogP) is 2.30. The van der Waals surface area contributed by atoms with Crippen LogP contribution in [0.1, 0.15) is 11.3 Å². The first-order valence-corrected chi connectivity index (χ1v) is 5.34. The SMILES string of the molecule is c1ccc2c(c1)Cc1c-2nc2ncccn12. The van der Waals surface area contributed by atoms with Crippen molar-refractivity contribution >= 4 is 5.78 Å². The lowest BCUT2D eigenvalue weighted by Gasteiger charge is -1.97. The van der Waals surface area contributed by atoms with Gasteiger partial charge in [-0.15, -0.1) is 0 Å². The molecule has 2 aromatic heterocycles. The van der Waals surface area contributed by atoms with Crippen LogP contribution in [-0.2, 0) is 6.42 Å². The molecule has 2 heterocycles. The molecule has 0 unspecified atom stereocenters. The lowest BCUT2D eigenvalue weighted by Crippen LogP contribution is -1.92. The van der Waals surface area contributed by atoms with Crippen molar-refractivity contribution in [3.8, 4) is 11.3 Å². The fraction of sp³-hybridized carbons (Fsp3) is 0.0769. The van der Waals surface area contributed by atoms with Gasteiger partial charge in [0.2, 0.25) is 5.78 Å². The van der Waals surface area contributed by atoms with Gasteiger partial charge in [0.15, 0.2) is 0 Å². The minimum Gasteiger partial charge on any atom is -0.287 e. The summed E-state index contributed by atoms with van der Waals surface area (Å²) >= 11 is 0. The standard InChI is InChI=1S/C13H9N3/c1-2-5-10-9(4-1)8-11-12(10)15-13-14-6-3-7-16(11)13/h1-7H,8H2. The first-order valence-electron chi connectivity index (χ1n) is 5.34. The maximum Gasteiger partial charge on any atom is 0.234 e. The molecular formula is C13H9N3. The Morgan fingerprint density at radius 3 is 3.06 bits per heavy atom. The number of benzene rings is 1. The number of aromatic nitrogens is 3. The van der Waals surface area contributed by atoms with E-state index in [-0.39, 0.29) is 0 Å². The molecule has 0 aliphatic heterocycles. The average molecular weight is 207 g/mol. The molecule has 3 aromatic rings. The Bertz CT molecular complexity index is 697. The highest BCUT2D eigenvalue weighted by molar-refractivity contribution is 5.74. The van der Waals surface area contributed by atoms with Gasteiger partial charge in [0.25, 0.3) is 0 Å². The molecule has 0 amide bonds. The van der Waals surface area contributed by atoms with Crippen molar-refractivity contribution < 1.29 is 0 Å². The zero-order valence-corrected chi connectivity index (χ0v) is 8.59. The minimum atomic E-state index is 0.794. The Balaban J connectivity index is 2.12. The molecular weight excluding hydrogens is 198 g/mol. The first-order chi connectivity index (χ1) is 7.93. The fourth-order valence-electron chi connectivity index (χ4n) is 2.41. The molecule has 4 rings (SSSR count). The van der Waals surface area contributed by atoms with E-state index in [1.54, 1.807) is 6.20 Å². The lowest BCUT2D eigenvalue weighted by molar-refractivity contribution is 1.02. The summed E-state index contributed by atoms with van der Waals surface area (Å²) in [7, 11) is 0. The fourth-order valence-corrected chi connectivity index (χ4v) is 2.41. The molecule has 0 N–H and O–H groups in total. The molecule has 1 aliphatic rings. The largest absolute Gasteiger partial charge is 0.287 e. The number of hydrogen-bond acceptors (Lipinski definition) is 2. The third-order valence-corrected chi connectivity index (χ3v) is 3.13. The summed E-state index contributed by atoms with van der Waals surface area (Å²) in [5, 5.41) is 0. The van der Waals surface area contributed by atoms with Crippen LogP contribution in [0.2, 0.25) is 0 Å². The van der Waals surface area contributed by atoms with Crippen LogP contribution in [0.15, 0.2) is 42.7 Å². The van der Waals surface area contributed by atoms with E-state index in [4.69, 9.17) is 0 Å². The molecule has 1 aromatic carbocycles. The van der Waals surface area contributed by atoms with E-state index < -0.39 is 0 Å². The quantitative estimate of drug-likeness (QED) is 0.443. The Morgan fingerprint density at radius 2 is 2.06 bits per heavy atom. The Labute approximate surface area is 92.4 Å². The van der Waals surface area contributed by atoms with Crippen LogP contribution in [-0.4, -0.2) is 14.4 Å². The third-order valence-electron chi connectivity index (χ3n) is 3.13. The van der Waals surface area contributed by atoms with Crippen molar-refractivity contribution in [2.45, 2.75) is 6.42 Å². The zero-order chi connectivity index (χ0) is 10.5. The van der Waals surface area contributed by atoms with Crippen LogP contribution in [0.5, 0.6) is 0 Å². The lowest BCUT2D eigenvalue weighted by atomic mass is 10.1. The maximum absolute atomic E-state index is 4.59. The molecule has 76 valence electrons. The van der Waals surface area contributed by atoms with E-state index in [1.807, 2.05) is 12.3 Å². The summed E-state index contributed by atoms with van der Waals surface area (Å²) in [5.41, 5.74) is 4.96. The number of rotatable bonds is 0. The molecule has 1 aliphatic carbocycles. The van der Waals surface area contributed by atoms with Gasteiger partial charge in [-0.05, 0) is 11.6 Å².